The average molecular weight is 291 g/mol. The minimum Gasteiger partial charge on any atom is -0.497 e. The number of benzene rings is 1. The maximum atomic E-state index is 10.8. The van der Waals surface area contributed by atoms with E-state index in [0.717, 1.165) is 50.2 Å². The summed E-state index contributed by atoms with van der Waals surface area (Å²) in [7, 11) is 3.83. The summed E-state index contributed by atoms with van der Waals surface area (Å²) < 4.78 is 10.7. The Morgan fingerprint density at radius 3 is 2.71 bits per heavy atom. The molecule has 2 atom stereocenters. The fourth-order valence-electron chi connectivity index (χ4n) is 3.67. The van der Waals surface area contributed by atoms with Crippen LogP contribution < -0.4 is 4.74 Å². The van der Waals surface area contributed by atoms with Crippen molar-refractivity contribution in [2.75, 3.05) is 27.4 Å². The van der Waals surface area contributed by atoms with Crippen molar-refractivity contribution >= 4 is 0 Å². The van der Waals surface area contributed by atoms with Gasteiger partial charge in [-0.05, 0) is 56.0 Å². The van der Waals surface area contributed by atoms with E-state index in [1.54, 1.807) is 7.11 Å². The number of aliphatic hydroxyl groups is 1. The Hall–Kier alpha value is -1.10. The molecule has 0 aromatic heterocycles. The largest absolute Gasteiger partial charge is 0.497 e. The topological polar surface area (TPSA) is 41.9 Å². The van der Waals surface area contributed by atoms with E-state index in [4.69, 9.17) is 9.47 Å². The fourth-order valence-corrected chi connectivity index (χ4v) is 3.67. The van der Waals surface area contributed by atoms with Gasteiger partial charge in [0.15, 0.2) is 0 Å². The second-order valence-electron chi connectivity index (χ2n) is 6.12. The number of rotatable bonds is 3. The second kappa shape index (κ2) is 6.34. The molecule has 4 heteroatoms. The van der Waals surface area contributed by atoms with Crippen LogP contribution in [0.3, 0.4) is 0 Å². The highest BCUT2D eigenvalue weighted by Gasteiger charge is 2.34. The lowest BCUT2D eigenvalue weighted by Gasteiger charge is -2.42. The van der Waals surface area contributed by atoms with Gasteiger partial charge < -0.3 is 14.6 Å². The Bertz CT molecular complexity index is 485. The number of aliphatic hydroxyl groups excluding tert-OH is 1. The molecule has 1 saturated heterocycles. The lowest BCUT2D eigenvalue weighted by molar-refractivity contribution is -0.0140. The number of aryl methyl sites for hydroxylation is 1. The van der Waals surface area contributed by atoms with Crippen LogP contribution in [0.25, 0.3) is 0 Å². The summed E-state index contributed by atoms with van der Waals surface area (Å²) in [5.74, 6) is 0.872. The van der Waals surface area contributed by atoms with Crippen molar-refractivity contribution < 1.29 is 14.6 Å². The highest BCUT2D eigenvalue weighted by atomic mass is 16.5. The molecule has 1 N–H and O–H groups in total. The van der Waals surface area contributed by atoms with Crippen molar-refractivity contribution in [2.24, 2.45) is 0 Å². The fraction of sp³-hybridized carbons (Fsp3) is 0.647. The predicted molar refractivity (Wildman–Crippen MR) is 81.7 cm³/mol. The molecule has 116 valence electrons. The molecule has 2 aliphatic rings. The van der Waals surface area contributed by atoms with E-state index in [-0.39, 0.29) is 6.04 Å². The van der Waals surface area contributed by atoms with Gasteiger partial charge in [-0.2, -0.15) is 0 Å². The number of methoxy groups -OCH3 is 1. The molecule has 1 aromatic carbocycles. The van der Waals surface area contributed by atoms with E-state index in [1.807, 2.05) is 12.1 Å². The maximum Gasteiger partial charge on any atom is 0.119 e. The standard InChI is InChI=1S/C17H25NO3/c1-18(13-7-9-21-10-8-13)16-6-3-12-11-14(20-2)4-5-15(12)17(16)19/h4-5,11,13,16-17,19H,3,6-10H2,1-2H3. The minimum atomic E-state index is -0.410. The second-order valence-corrected chi connectivity index (χ2v) is 6.12. The highest BCUT2D eigenvalue weighted by Crippen LogP contribution is 2.35. The van der Waals surface area contributed by atoms with Gasteiger partial charge in [-0.3, -0.25) is 4.90 Å². The minimum absolute atomic E-state index is 0.203. The van der Waals surface area contributed by atoms with Crippen LogP contribution in [0.4, 0.5) is 0 Å². The zero-order valence-corrected chi connectivity index (χ0v) is 12.9. The van der Waals surface area contributed by atoms with Gasteiger partial charge in [0.1, 0.15) is 5.75 Å². The quantitative estimate of drug-likeness (QED) is 0.926. The highest BCUT2D eigenvalue weighted by molar-refractivity contribution is 5.39. The third-order valence-electron chi connectivity index (χ3n) is 5.03. The van der Waals surface area contributed by atoms with E-state index >= 15 is 0 Å². The molecule has 21 heavy (non-hydrogen) atoms. The Morgan fingerprint density at radius 1 is 1.24 bits per heavy atom. The molecule has 0 saturated carbocycles. The van der Waals surface area contributed by atoms with Crippen molar-refractivity contribution in [1.82, 2.24) is 4.90 Å². The summed E-state index contributed by atoms with van der Waals surface area (Å²) in [6.45, 7) is 1.68. The van der Waals surface area contributed by atoms with E-state index in [1.165, 1.54) is 5.56 Å². The van der Waals surface area contributed by atoms with Gasteiger partial charge in [0.05, 0.1) is 13.2 Å². The van der Waals surface area contributed by atoms with Gasteiger partial charge in [0.2, 0.25) is 0 Å². The number of fused-ring (bicyclic) bond motifs is 1. The van der Waals surface area contributed by atoms with Crippen LogP contribution in [0.2, 0.25) is 0 Å². The molecule has 0 radical (unpaired) electrons. The van der Waals surface area contributed by atoms with Crippen molar-refractivity contribution in [1.29, 1.82) is 0 Å². The van der Waals surface area contributed by atoms with E-state index in [2.05, 4.69) is 18.0 Å². The summed E-state index contributed by atoms with van der Waals surface area (Å²) in [4.78, 5) is 2.38. The first-order valence-corrected chi connectivity index (χ1v) is 7.85. The van der Waals surface area contributed by atoms with Crippen LogP contribution in [0.1, 0.15) is 36.5 Å². The van der Waals surface area contributed by atoms with Crippen LogP contribution in [-0.2, 0) is 11.2 Å². The average Bonchev–Trinajstić information content (AvgIpc) is 2.55. The molecule has 2 unspecified atom stereocenters. The molecule has 3 rings (SSSR count). The number of hydrogen-bond acceptors (Lipinski definition) is 4. The lowest BCUT2D eigenvalue weighted by atomic mass is 9.84. The van der Waals surface area contributed by atoms with Crippen LogP contribution in [-0.4, -0.2) is 49.5 Å². The Kier molecular flexibility index (Phi) is 4.48. The zero-order chi connectivity index (χ0) is 14.8. The van der Waals surface area contributed by atoms with Crippen molar-refractivity contribution in [3.8, 4) is 5.75 Å². The molecular formula is C17H25NO3. The zero-order valence-electron chi connectivity index (χ0n) is 12.9. The van der Waals surface area contributed by atoms with Crippen LogP contribution in [0, 0.1) is 0 Å². The Morgan fingerprint density at radius 2 is 2.00 bits per heavy atom. The molecule has 1 aliphatic heterocycles. The molecule has 0 bridgehead atoms. The monoisotopic (exact) mass is 291 g/mol. The van der Waals surface area contributed by atoms with Crippen LogP contribution in [0.15, 0.2) is 18.2 Å². The van der Waals surface area contributed by atoms with Crippen LogP contribution in [0.5, 0.6) is 5.75 Å². The van der Waals surface area contributed by atoms with E-state index in [0.29, 0.717) is 6.04 Å². The molecule has 4 nitrogen and oxygen atoms in total. The lowest BCUT2D eigenvalue weighted by Crippen LogP contribution is -2.47. The van der Waals surface area contributed by atoms with Gasteiger partial charge in [-0.25, -0.2) is 0 Å². The summed E-state index contributed by atoms with van der Waals surface area (Å²) in [6.07, 6.45) is 3.72. The molecule has 1 fully saturated rings. The molecule has 0 amide bonds. The van der Waals surface area contributed by atoms with Gasteiger partial charge in [-0.1, -0.05) is 6.07 Å². The maximum absolute atomic E-state index is 10.8. The molecular weight excluding hydrogens is 266 g/mol. The van der Waals surface area contributed by atoms with Crippen molar-refractivity contribution in [2.45, 2.75) is 43.9 Å². The Balaban J connectivity index is 1.76. The number of likely N-dealkylation sites (N-methyl/N-ethyl adjacent to an activating group) is 1. The molecule has 1 aliphatic carbocycles. The Labute approximate surface area is 126 Å². The number of hydrogen-bond donors (Lipinski definition) is 1. The van der Waals surface area contributed by atoms with Gasteiger partial charge >= 0.3 is 0 Å². The smallest absolute Gasteiger partial charge is 0.119 e. The molecule has 1 aromatic rings. The van der Waals surface area contributed by atoms with Crippen molar-refractivity contribution in [3.05, 3.63) is 29.3 Å². The first-order valence-electron chi connectivity index (χ1n) is 7.85. The first kappa shape index (κ1) is 14.8. The van der Waals surface area contributed by atoms with Gasteiger partial charge in [0.25, 0.3) is 0 Å². The normalized spacial score (nSPS) is 26.7. The number of nitrogens with zero attached hydrogens (tertiary/aromatic N) is 1. The van der Waals surface area contributed by atoms with Gasteiger partial charge in [-0.15, -0.1) is 0 Å². The molecule has 1 heterocycles. The summed E-state index contributed by atoms with van der Waals surface area (Å²) in [5, 5.41) is 10.8. The van der Waals surface area contributed by atoms with Crippen molar-refractivity contribution in [3.63, 3.8) is 0 Å². The van der Waals surface area contributed by atoms with E-state index in [9.17, 15) is 5.11 Å². The first-order chi connectivity index (χ1) is 10.2. The number of ether oxygens (including phenoxy) is 2. The summed E-state index contributed by atoms with van der Waals surface area (Å²) >= 11 is 0. The third kappa shape index (κ3) is 2.93. The third-order valence-corrected chi connectivity index (χ3v) is 5.03. The van der Waals surface area contributed by atoms with E-state index < -0.39 is 6.10 Å². The summed E-state index contributed by atoms with van der Waals surface area (Å²) in [5.41, 5.74) is 2.28. The summed E-state index contributed by atoms with van der Waals surface area (Å²) in [6, 6.07) is 6.75. The SMILES string of the molecule is COc1ccc2c(c1)CCC(N(C)C1CCOCC1)C2O. The predicted octanol–water partition coefficient (Wildman–Crippen LogP) is 2.15. The van der Waals surface area contributed by atoms with Crippen LogP contribution >= 0.6 is 0 Å². The van der Waals surface area contributed by atoms with Gasteiger partial charge in [0, 0.05) is 25.3 Å². The molecule has 0 spiro atoms.